The average Bonchev–Trinajstić information content (AvgIpc) is 3.80. The molecule has 0 fully saturated rings. The lowest BCUT2D eigenvalue weighted by Gasteiger charge is -2.29. The summed E-state index contributed by atoms with van der Waals surface area (Å²) in [7, 11) is 0. The minimum Gasteiger partial charge on any atom is -0.308 e. The Bertz CT molecular complexity index is 3190. The zero-order valence-electron chi connectivity index (χ0n) is 28.7. The van der Waals surface area contributed by atoms with E-state index in [9.17, 15) is 0 Å². The summed E-state index contributed by atoms with van der Waals surface area (Å²) in [4.78, 5) is 2.53. The number of nitrogens with zero attached hydrogens (tertiary/aromatic N) is 1. The molecule has 1 nitrogen and oxygen atoms in total. The number of benzene rings is 9. The third-order valence-corrected chi connectivity index (χ3v) is 13.0. The molecule has 0 saturated carbocycles. The standard InChI is InChI=1S/C50H31NS2/c1-2-13-32(14-3-1)37-27-25-34(43-29-33-15-4-5-16-36(33)38-17-6-7-18-39(38)43)30-46(37)51(35-26-28-49-44(31-35)41-20-9-10-23-47(41)52-49)45-22-12-21-42-40-19-8-11-24-48(40)53-50(42)45/h1-31H. The van der Waals surface area contributed by atoms with E-state index in [0.29, 0.717) is 0 Å². The zero-order valence-corrected chi connectivity index (χ0v) is 30.3. The van der Waals surface area contributed by atoms with E-state index in [4.69, 9.17) is 0 Å². The van der Waals surface area contributed by atoms with Gasteiger partial charge in [0.15, 0.2) is 0 Å². The van der Waals surface area contributed by atoms with Crippen LogP contribution in [0.25, 0.3) is 84.1 Å². The summed E-state index contributed by atoms with van der Waals surface area (Å²) in [5.41, 5.74) is 8.27. The Morgan fingerprint density at radius 3 is 1.79 bits per heavy atom. The lowest BCUT2D eigenvalue weighted by atomic mass is 9.91. The molecule has 2 aromatic heterocycles. The Kier molecular flexibility index (Phi) is 6.97. The third kappa shape index (κ3) is 4.89. The molecule has 53 heavy (non-hydrogen) atoms. The number of anilines is 3. The molecule has 0 unspecified atom stereocenters. The van der Waals surface area contributed by atoms with Crippen LogP contribution in [0.2, 0.25) is 0 Å². The van der Waals surface area contributed by atoms with Crippen LogP contribution < -0.4 is 4.90 Å². The van der Waals surface area contributed by atoms with Crippen molar-refractivity contribution in [3.05, 3.63) is 188 Å². The van der Waals surface area contributed by atoms with Crippen molar-refractivity contribution in [3.8, 4) is 22.3 Å². The smallest absolute Gasteiger partial charge is 0.0640 e. The van der Waals surface area contributed by atoms with E-state index >= 15 is 0 Å². The predicted molar refractivity (Wildman–Crippen MR) is 233 cm³/mol. The highest BCUT2D eigenvalue weighted by atomic mass is 32.1. The van der Waals surface area contributed by atoms with Crippen LogP contribution in [0.3, 0.4) is 0 Å². The van der Waals surface area contributed by atoms with Gasteiger partial charge in [0.2, 0.25) is 0 Å². The molecule has 0 radical (unpaired) electrons. The van der Waals surface area contributed by atoms with Gasteiger partial charge in [0.25, 0.3) is 0 Å². The fourth-order valence-electron chi connectivity index (χ4n) is 8.21. The molecule has 3 heteroatoms. The van der Waals surface area contributed by atoms with E-state index < -0.39 is 0 Å². The van der Waals surface area contributed by atoms with Gasteiger partial charge < -0.3 is 4.90 Å². The van der Waals surface area contributed by atoms with Crippen molar-refractivity contribution in [2.45, 2.75) is 0 Å². The van der Waals surface area contributed by atoms with Gasteiger partial charge in [-0.3, -0.25) is 0 Å². The highest BCUT2D eigenvalue weighted by Crippen LogP contribution is 2.50. The van der Waals surface area contributed by atoms with Gasteiger partial charge in [-0.15, -0.1) is 22.7 Å². The van der Waals surface area contributed by atoms with E-state index in [1.807, 2.05) is 22.7 Å². The second-order valence-electron chi connectivity index (χ2n) is 13.7. The first-order valence-corrected chi connectivity index (χ1v) is 19.6. The van der Waals surface area contributed by atoms with E-state index in [-0.39, 0.29) is 0 Å². The topological polar surface area (TPSA) is 3.24 Å². The Morgan fingerprint density at radius 1 is 0.321 bits per heavy atom. The maximum atomic E-state index is 2.53. The molecule has 0 aliphatic rings. The molecule has 2 heterocycles. The van der Waals surface area contributed by atoms with Crippen LogP contribution in [0.1, 0.15) is 0 Å². The second kappa shape index (κ2) is 12.2. The van der Waals surface area contributed by atoms with Gasteiger partial charge in [-0.1, -0.05) is 140 Å². The summed E-state index contributed by atoms with van der Waals surface area (Å²) < 4.78 is 5.20. The van der Waals surface area contributed by atoms with Gasteiger partial charge in [0.1, 0.15) is 0 Å². The van der Waals surface area contributed by atoms with Crippen LogP contribution in [0.4, 0.5) is 17.1 Å². The molecule has 0 amide bonds. The van der Waals surface area contributed by atoms with Crippen molar-refractivity contribution < 1.29 is 0 Å². The van der Waals surface area contributed by atoms with Crippen LogP contribution in [0.15, 0.2) is 188 Å². The van der Waals surface area contributed by atoms with Gasteiger partial charge in [-0.2, -0.15) is 0 Å². The fourth-order valence-corrected chi connectivity index (χ4v) is 10.5. The van der Waals surface area contributed by atoms with Gasteiger partial charge in [-0.05, 0) is 86.8 Å². The van der Waals surface area contributed by atoms with Gasteiger partial charge in [-0.25, -0.2) is 0 Å². The van der Waals surface area contributed by atoms with Crippen LogP contribution in [0, 0.1) is 0 Å². The monoisotopic (exact) mass is 709 g/mol. The number of hydrogen-bond donors (Lipinski definition) is 0. The Balaban J connectivity index is 1.25. The Hall–Kier alpha value is -6.26. The van der Waals surface area contributed by atoms with E-state index in [1.54, 1.807) is 0 Å². The largest absolute Gasteiger partial charge is 0.308 e. The van der Waals surface area contributed by atoms with Crippen LogP contribution in [-0.4, -0.2) is 0 Å². The summed E-state index contributed by atoms with van der Waals surface area (Å²) >= 11 is 3.74. The molecule has 0 spiro atoms. The van der Waals surface area contributed by atoms with Crippen LogP contribution >= 0.6 is 22.7 Å². The van der Waals surface area contributed by atoms with Crippen molar-refractivity contribution in [2.24, 2.45) is 0 Å². The average molecular weight is 710 g/mol. The summed E-state index contributed by atoms with van der Waals surface area (Å²) in [5.74, 6) is 0. The minimum absolute atomic E-state index is 1.14. The van der Waals surface area contributed by atoms with Gasteiger partial charge in [0.05, 0.1) is 16.1 Å². The van der Waals surface area contributed by atoms with Crippen LogP contribution in [-0.2, 0) is 0 Å². The maximum Gasteiger partial charge on any atom is 0.0640 e. The van der Waals surface area contributed by atoms with Crippen molar-refractivity contribution in [2.75, 3.05) is 4.90 Å². The predicted octanol–water partition coefficient (Wildman–Crippen LogP) is 15.5. The minimum atomic E-state index is 1.14. The fraction of sp³-hybridized carbons (Fsp3) is 0. The van der Waals surface area contributed by atoms with E-state index in [2.05, 4.69) is 193 Å². The first-order valence-electron chi connectivity index (χ1n) is 18.0. The van der Waals surface area contributed by atoms with E-state index in [1.165, 1.54) is 89.8 Å². The SMILES string of the molecule is c1ccc(-c2ccc(-c3cc4ccccc4c4ccccc34)cc2N(c2ccc3sc4ccccc4c3c2)c2cccc3c2sc2ccccc23)cc1. The van der Waals surface area contributed by atoms with E-state index in [0.717, 1.165) is 11.4 Å². The Labute approximate surface area is 315 Å². The third-order valence-electron chi connectivity index (χ3n) is 10.6. The summed E-state index contributed by atoms with van der Waals surface area (Å²) in [5, 5.41) is 10.2. The van der Waals surface area contributed by atoms with Gasteiger partial charge in [0, 0.05) is 46.9 Å². The molecular weight excluding hydrogens is 679 g/mol. The summed E-state index contributed by atoms with van der Waals surface area (Å²) in [6.07, 6.45) is 0. The number of rotatable bonds is 5. The van der Waals surface area contributed by atoms with Crippen molar-refractivity contribution in [1.82, 2.24) is 0 Å². The molecular formula is C50H31NS2. The first-order chi connectivity index (χ1) is 26.3. The molecule has 0 aliphatic carbocycles. The van der Waals surface area contributed by atoms with Crippen molar-refractivity contribution >= 4 is 102 Å². The highest BCUT2D eigenvalue weighted by molar-refractivity contribution is 7.26. The highest BCUT2D eigenvalue weighted by Gasteiger charge is 2.23. The summed E-state index contributed by atoms with van der Waals surface area (Å²) in [6.45, 7) is 0. The molecule has 0 saturated heterocycles. The van der Waals surface area contributed by atoms with Crippen molar-refractivity contribution in [1.29, 1.82) is 0 Å². The Morgan fingerprint density at radius 2 is 0.962 bits per heavy atom. The number of thiophene rings is 2. The number of hydrogen-bond acceptors (Lipinski definition) is 3. The summed E-state index contributed by atoms with van der Waals surface area (Å²) in [6, 6.07) is 69.4. The molecule has 11 aromatic rings. The lowest BCUT2D eigenvalue weighted by Crippen LogP contribution is -2.11. The molecule has 0 aliphatic heterocycles. The lowest BCUT2D eigenvalue weighted by molar-refractivity contribution is 1.31. The maximum absolute atomic E-state index is 2.53. The number of fused-ring (bicyclic) bond motifs is 9. The molecule has 0 atom stereocenters. The molecule has 0 bridgehead atoms. The molecule has 248 valence electrons. The van der Waals surface area contributed by atoms with Gasteiger partial charge >= 0.3 is 0 Å². The molecule has 9 aromatic carbocycles. The zero-order chi connectivity index (χ0) is 34.9. The van der Waals surface area contributed by atoms with Crippen molar-refractivity contribution in [3.63, 3.8) is 0 Å². The molecule has 0 N–H and O–H groups in total. The quantitative estimate of drug-likeness (QED) is 0.161. The van der Waals surface area contributed by atoms with Crippen LogP contribution in [0.5, 0.6) is 0 Å². The molecule has 11 rings (SSSR count). The normalized spacial score (nSPS) is 11.8. The first kappa shape index (κ1) is 30.4. The second-order valence-corrected chi connectivity index (χ2v) is 15.8.